The summed E-state index contributed by atoms with van der Waals surface area (Å²) < 4.78 is 0. The number of benzene rings is 3. The summed E-state index contributed by atoms with van der Waals surface area (Å²) in [5.74, 6) is 0.120. The molecule has 0 saturated carbocycles. The van der Waals surface area contributed by atoms with Crippen LogP contribution in [0.4, 0.5) is 11.4 Å². The third-order valence-electron chi connectivity index (χ3n) is 3.09. The van der Waals surface area contributed by atoms with Crippen LogP contribution in [-0.4, -0.2) is 10.2 Å². The van der Waals surface area contributed by atoms with Gasteiger partial charge >= 0.3 is 0 Å². The van der Waals surface area contributed by atoms with E-state index in [4.69, 9.17) is 11.6 Å². The maximum Gasteiger partial charge on any atom is 0.125 e. The summed E-state index contributed by atoms with van der Waals surface area (Å²) in [5.41, 5.74) is 0.997. The second-order valence-corrected chi connectivity index (χ2v) is 4.86. The van der Waals surface area contributed by atoms with Crippen molar-refractivity contribution in [3.05, 3.63) is 59.6 Å². The van der Waals surface area contributed by atoms with Gasteiger partial charge in [-0.15, -0.1) is 10.2 Å². The molecule has 5 heteroatoms. The molecule has 0 unspecified atom stereocenters. The first-order chi connectivity index (χ1) is 10.2. The van der Waals surface area contributed by atoms with Crippen LogP contribution in [0.15, 0.2) is 64.8 Å². The summed E-state index contributed by atoms with van der Waals surface area (Å²) in [4.78, 5) is 0. The highest BCUT2D eigenvalue weighted by atomic mass is 35.5. The molecule has 0 aromatic heterocycles. The van der Waals surface area contributed by atoms with Gasteiger partial charge in [0.05, 0.1) is 16.1 Å². The highest BCUT2D eigenvalue weighted by molar-refractivity contribution is 6.32. The van der Waals surface area contributed by atoms with Crippen molar-refractivity contribution < 1.29 is 10.2 Å². The summed E-state index contributed by atoms with van der Waals surface area (Å²) in [6.07, 6.45) is 0. The van der Waals surface area contributed by atoms with Crippen LogP contribution in [-0.2, 0) is 0 Å². The number of hydrogen-bond acceptors (Lipinski definition) is 4. The van der Waals surface area contributed by atoms with E-state index in [2.05, 4.69) is 10.2 Å². The van der Waals surface area contributed by atoms with E-state index in [1.807, 2.05) is 12.1 Å². The molecule has 0 saturated heterocycles. The van der Waals surface area contributed by atoms with Crippen LogP contribution < -0.4 is 0 Å². The number of aromatic hydroxyl groups is 2. The third-order valence-corrected chi connectivity index (χ3v) is 3.41. The SMILES string of the molecule is Oc1ccc(N=Nc2ccccc2Cl)c2c(O)cccc12. The zero-order valence-corrected chi connectivity index (χ0v) is 11.6. The average molecular weight is 299 g/mol. The van der Waals surface area contributed by atoms with Crippen molar-refractivity contribution in [3.63, 3.8) is 0 Å². The van der Waals surface area contributed by atoms with Crippen LogP contribution in [0.25, 0.3) is 10.8 Å². The van der Waals surface area contributed by atoms with Crippen molar-refractivity contribution >= 4 is 33.7 Å². The van der Waals surface area contributed by atoms with Crippen LogP contribution in [0, 0.1) is 0 Å². The summed E-state index contributed by atoms with van der Waals surface area (Å²) in [7, 11) is 0. The second kappa shape index (κ2) is 5.42. The Bertz CT molecular complexity index is 847. The van der Waals surface area contributed by atoms with Gasteiger partial charge < -0.3 is 10.2 Å². The first kappa shape index (κ1) is 13.4. The molecule has 0 spiro atoms. The lowest BCUT2D eigenvalue weighted by Gasteiger charge is -2.05. The van der Waals surface area contributed by atoms with Crippen LogP contribution in [0.1, 0.15) is 0 Å². The molecule has 0 bridgehead atoms. The lowest BCUT2D eigenvalue weighted by Crippen LogP contribution is -1.77. The maximum absolute atomic E-state index is 9.99. The van der Waals surface area contributed by atoms with Crippen LogP contribution >= 0.6 is 11.6 Å². The monoisotopic (exact) mass is 298 g/mol. The van der Waals surface area contributed by atoms with Gasteiger partial charge in [-0.2, -0.15) is 0 Å². The zero-order chi connectivity index (χ0) is 14.8. The third kappa shape index (κ3) is 2.53. The Hall–Kier alpha value is -2.59. The summed E-state index contributed by atoms with van der Waals surface area (Å²) >= 11 is 6.02. The topological polar surface area (TPSA) is 65.2 Å². The molecule has 0 atom stereocenters. The van der Waals surface area contributed by atoms with Gasteiger partial charge in [0.2, 0.25) is 0 Å². The lowest BCUT2D eigenvalue weighted by molar-refractivity contribution is 0.475. The van der Waals surface area contributed by atoms with Crippen LogP contribution in [0.5, 0.6) is 11.5 Å². The number of hydrogen-bond donors (Lipinski definition) is 2. The lowest BCUT2D eigenvalue weighted by atomic mass is 10.1. The maximum atomic E-state index is 9.99. The van der Waals surface area contributed by atoms with Gasteiger partial charge in [0.25, 0.3) is 0 Å². The largest absolute Gasteiger partial charge is 0.507 e. The minimum atomic E-state index is 0.0384. The van der Waals surface area contributed by atoms with Gasteiger partial charge in [-0.25, -0.2) is 0 Å². The van der Waals surface area contributed by atoms with Crippen molar-refractivity contribution in [2.24, 2.45) is 10.2 Å². The van der Waals surface area contributed by atoms with E-state index in [1.54, 1.807) is 30.3 Å². The molecule has 2 N–H and O–H groups in total. The first-order valence-electron chi connectivity index (χ1n) is 6.27. The van der Waals surface area contributed by atoms with Crippen molar-refractivity contribution in [1.82, 2.24) is 0 Å². The number of azo groups is 1. The zero-order valence-electron chi connectivity index (χ0n) is 10.9. The number of phenols is 2. The average Bonchev–Trinajstić information content (AvgIpc) is 2.49. The summed E-state index contributed by atoms with van der Waals surface area (Å²) in [6.45, 7) is 0. The van der Waals surface area contributed by atoms with E-state index < -0.39 is 0 Å². The Morgan fingerprint density at radius 3 is 2.29 bits per heavy atom. The van der Waals surface area contributed by atoms with Gasteiger partial charge in [0, 0.05) is 5.39 Å². The van der Waals surface area contributed by atoms with Crippen LogP contribution in [0.3, 0.4) is 0 Å². The van der Waals surface area contributed by atoms with Crippen molar-refractivity contribution in [2.45, 2.75) is 0 Å². The molecule has 0 radical (unpaired) electrons. The van der Waals surface area contributed by atoms with E-state index >= 15 is 0 Å². The number of fused-ring (bicyclic) bond motifs is 1. The quantitative estimate of drug-likeness (QED) is 0.629. The van der Waals surface area contributed by atoms with E-state index in [0.29, 0.717) is 27.2 Å². The minimum Gasteiger partial charge on any atom is -0.507 e. The normalized spacial score (nSPS) is 11.3. The second-order valence-electron chi connectivity index (χ2n) is 4.45. The van der Waals surface area contributed by atoms with Crippen LogP contribution in [0.2, 0.25) is 5.02 Å². The van der Waals surface area contributed by atoms with E-state index in [-0.39, 0.29) is 11.5 Å². The summed E-state index contributed by atoms with van der Waals surface area (Å²) in [6, 6.07) is 15.1. The van der Waals surface area contributed by atoms with Gasteiger partial charge in [-0.05, 0) is 30.3 Å². The Labute approximate surface area is 126 Å². The standard InChI is InChI=1S/C16H11ClN2O2/c17-11-5-1-2-6-12(11)18-19-13-8-9-14(20)10-4-3-7-15(21)16(10)13/h1-9,20-21H. The Kier molecular flexibility index (Phi) is 3.46. The molecule has 0 heterocycles. The molecule has 3 aromatic carbocycles. The Morgan fingerprint density at radius 2 is 1.48 bits per heavy atom. The number of halogens is 1. The van der Waals surface area contributed by atoms with E-state index in [9.17, 15) is 10.2 Å². The minimum absolute atomic E-state index is 0.0384. The molecule has 21 heavy (non-hydrogen) atoms. The van der Waals surface area contributed by atoms with Gasteiger partial charge in [0.1, 0.15) is 17.2 Å². The van der Waals surface area contributed by atoms with Gasteiger partial charge in [-0.1, -0.05) is 35.9 Å². The fourth-order valence-electron chi connectivity index (χ4n) is 2.08. The van der Waals surface area contributed by atoms with Gasteiger partial charge in [0.15, 0.2) is 0 Å². The highest BCUT2D eigenvalue weighted by Gasteiger charge is 2.09. The van der Waals surface area contributed by atoms with E-state index in [0.717, 1.165) is 0 Å². The Balaban J connectivity index is 2.14. The summed E-state index contributed by atoms with van der Waals surface area (Å²) in [5, 5.41) is 29.5. The molecule has 3 rings (SSSR count). The van der Waals surface area contributed by atoms with Crippen molar-refractivity contribution in [1.29, 1.82) is 0 Å². The van der Waals surface area contributed by atoms with Crippen molar-refractivity contribution in [3.8, 4) is 11.5 Å². The fraction of sp³-hybridized carbons (Fsp3) is 0. The number of nitrogens with zero attached hydrogens (tertiary/aromatic N) is 2. The van der Waals surface area contributed by atoms with E-state index in [1.165, 1.54) is 12.1 Å². The molecule has 0 amide bonds. The molecular formula is C16H11ClN2O2. The van der Waals surface area contributed by atoms with Gasteiger partial charge in [-0.3, -0.25) is 0 Å². The fourth-order valence-corrected chi connectivity index (χ4v) is 2.25. The molecular weight excluding hydrogens is 288 g/mol. The van der Waals surface area contributed by atoms with Crippen molar-refractivity contribution in [2.75, 3.05) is 0 Å². The first-order valence-corrected chi connectivity index (χ1v) is 6.64. The molecule has 0 aliphatic heterocycles. The molecule has 0 fully saturated rings. The molecule has 4 nitrogen and oxygen atoms in total. The predicted octanol–water partition coefficient (Wildman–Crippen LogP) is 5.32. The number of phenolic OH excluding ortho intramolecular Hbond substituents is 2. The molecule has 104 valence electrons. The predicted molar refractivity (Wildman–Crippen MR) is 82.9 cm³/mol. The molecule has 3 aromatic rings. The Morgan fingerprint density at radius 1 is 0.714 bits per heavy atom. The molecule has 0 aliphatic carbocycles. The number of rotatable bonds is 2. The molecule has 0 aliphatic rings. The smallest absolute Gasteiger partial charge is 0.125 e. The highest BCUT2D eigenvalue weighted by Crippen LogP contribution is 2.39.